The van der Waals surface area contributed by atoms with E-state index in [9.17, 15) is 18.3 Å². The van der Waals surface area contributed by atoms with Crippen LogP contribution in [-0.4, -0.2) is 29.3 Å². The summed E-state index contributed by atoms with van der Waals surface area (Å²) in [4.78, 5) is 1.42. The number of allylic oxidation sites excluding steroid dienone is 3. The fraction of sp³-hybridized carbons (Fsp3) is 0.556. The average Bonchev–Trinajstić information content (AvgIpc) is 2.04. The van der Waals surface area contributed by atoms with Crippen molar-refractivity contribution in [3.05, 3.63) is 23.6 Å². The van der Waals surface area contributed by atoms with Crippen molar-refractivity contribution in [3.8, 4) is 0 Å². The van der Waals surface area contributed by atoms with Gasteiger partial charge in [-0.2, -0.15) is 13.2 Å². The predicted octanol–water partition coefficient (Wildman–Crippen LogP) is 2.60. The van der Waals surface area contributed by atoms with E-state index in [0.717, 1.165) is 0 Å². The number of hydrogen-bond acceptors (Lipinski definition) is 2. The molecule has 1 rings (SSSR count). The SMILES string of the molecule is CC1C(O)=CC=C(CC(F)(F)F)N1C. The van der Waals surface area contributed by atoms with Crippen molar-refractivity contribution in [2.24, 2.45) is 0 Å². The third kappa shape index (κ3) is 2.43. The zero-order valence-corrected chi connectivity index (χ0v) is 7.97. The van der Waals surface area contributed by atoms with Crippen molar-refractivity contribution in [1.82, 2.24) is 4.90 Å². The number of likely N-dealkylation sites (N-methyl/N-ethyl adjacent to an activating group) is 1. The first-order valence-electron chi connectivity index (χ1n) is 4.20. The zero-order valence-electron chi connectivity index (χ0n) is 7.97. The summed E-state index contributed by atoms with van der Waals surface area (Å²) in [6, 6.07) is -0.391. The Balaban J connectivity index is 2.80. The Bertz CT molecular complexity index is 280. The Morgan fingerprint density at radius 3 is 2.50 bits per heavy atom. The van der Waals surface area contributed by atoms with Gasteiger partial charge < -0.3 is 10.0 Å². The Morgan fingerprint density at radius 1 is 1.43 bits per heavy atom. The number of aliphatic hydroxyl groups is 1. The number of nitrogens with zero attached hydrogens (tertiary/aromatic N) is 1. The van der Waals surface area contributed by atoms with Crippen molar-refractivity contribution in [2.75, 3.05) is 7.05 Å². The van der Waals surface area contributed by atoms with Crippen molar-refractivity contribution in [3.63, 3.8) is 0 Å². The van der Waals surface area contributed by atoms with Gasteiger partial charge in [0.1, 0.15) is 5.76 Å². The van der Waals surface area contributed by atoms with Gasteiger partial charge in [0, 0.05) is 12.7 Å². The second-order valence-electron chi connectivity index (χ2n) is 3.33. The average molecular weight is 207 g/mol. The number of hydrogen-bond donors (Lipinski definition) is 1. The minimum absolute atomic E-state index is 0.0819. The maximum Gasteiger partial charge on any atom is 0.394 e. The van der Waals surface area contributed by atoms with Gasteiger partial charge in [-0.05, 0) is 19.1 Å². The van der Waals surface area contributed by atoms with E-state index >= 15 is 0 Å². The molecule has 1 aliphatic heterocycles. The fourth-order valence-corrected chi connectivity index (χ4v) is 1.27. The van der Waals surface area contributed by atoms with Crippen LogP contribution in [0.15, 0.2) is 23.6 Å². The van der Waals surface area contributed by atoms with Crippen LogP contribution in [0.1, 0.15) is 13.3 Å². The van der Waals surface area contributed by atoms with Gasteiger partial charge in [-0.1, -0.05) is 0 Å². The lowest BCUT2D eigenvalue weighted by Gasteiger charge is -2.31. The smallest absolute Gasteiger partial charge is 0.394 e. The largest absolute Gasteiger partial charge is 0.510 e. The molecular weight excluding hydrogens is 195 g/mol. The molecule has 1 aliphatic rings. The van der Waals surface area contributed by atoms with Gasteiger partial charge in [-0.3, -0.25) is 0 Å². The topological polar surface area (TPSA) is 23.5 Å². The van der Waals surface area contributed by atoms with Crippen LogP contribution in [0.2, 0.25) is 0 Å². The Hall–Kier alpha value is -1.13. The van der Waals surface area contributed by atoms with Gasteiger partial charge in [0.15, 0.2) is 0 Å². The lowest BCUT2D eigenvalue weighted by atomic mass is 10.1. The minimum Gasteiger partial charge on any atom is -0.510 e. The number of alkyl halides is 3. The predicted molar refractivity (Wildman–Crippen MR) is 46.7 cm³/mol. The van der Waals surface area contributed by atoms with E-state index in [1.807, 2.05) is 0 Å². The summed E-state index contributed by atoms with van der Waals surface area (Å²) in [5.74, 6) is 0.0819. The molecule has 0 radical (unpaired) electrons. The number of halogens is 3. The first-order valence-corrected chi connectivity index (χ1v) is 4.20. The normalized spacial score (nSPS) is 23.2. The van der Waals surface area contributed by atoms with Crippen LogP contribution < -0.4 is 0 Å². The molecule has 0 aromatic carbocycles. The molecule has 5 heteroatoms. The molecular formula is C9H12F3NO. The maximum atomic E-state index is 12.1. The third-order valence-corrected chi connectivity index (χ3v) is 2.29. The Kier molecular flexibility index (Phi) is 2.78. The first-order chi connectivity index (χ1) is 6.31. The molecule has 0 fully saturated rings. The van der Waals surface area contributed by atoms with Gasteiger partial charge in [-0.15, -0.1) is 0 Å². The summed E-state index contributed by atoms with van der Waals surface area (Å²) in [7, 11) is 1.53. The molecule has 1 N–H and O–H groups in total. The molecule has 14 heavy (non-hydrogen) atoms. The summed E-state index contributed by atoms with van der Waals surface area (Å²) in [5.41, 5.74) is 0.169. The Morgan fingerprint density at radius 2 is 2.00 bits per heavy atom. The van der Waals surface area contributed by atoms with E-state index in [-0.39, 0.29) is 11.5 Å². The molecule has 1 unspecified atom stereocenters. The van der Waals surface area contributed by atoms with Crippen LogP contribution in [0.3, 0.4) is 0 Å². The van der Waals surface area contributed by atoms with Crippen LogP contribution in [0, 0.1) is 0 Å². The van der Waals surface area contributed by atoms with E-state index in [1.54, 1.807) is 6.92 Å². The summed E-state index contributed by atoms with van der Waals surface area (Å²) < 4.78 is 36.3. The molecule has 1 heterocycles. The van der Waals surface area contributed by atoms with Crippen LogP contribution in [0.5, 0.6) is 0 Å². The van der Waals surface area contributed by atoms with Crippen LogP contribution >= 0.6 is 0 Å². The monoisotopic (exact) mass is 207 g/mol. The van der Waals surface area contributed by atoms with Gasteiger partial charge in [0.05, 0.1) is 12.5 Å². The summed E-state index contributed by atoms with van der Waals surface area (Å²) in [6.07, 6.45) is -2.56. The molecule has 2 nitrogen and oxygen atoms in total. The zero-order chi connectivity index (χ0) is 10.9. The highest BCUT2D eigenvalue weighted by molar-refractivity contribution is 5.23. The van der Waals surface area contributed by atoms with E-state index in [4.69, 9.17) is 0 Å². The van der Waals surface area contributed by atoms with E-state index in [2.05, 4.69) is 0 Å². The van der Waals surface area contributed by atoms with Crippen molar-refractivity contribution < 1.29 is 18.3 Å². The highest BCUT2D eigenvalue weighted by atomic mass is 19.4. The van der Waals surface area contributed by atoms with Crippen molar-refractivity contribution in [1.29, 1.82) is 0 Å². The second kappa shape index (κ2) is 3.55. The molecule has 0 spiro atoms. The van der Waals surface area contributed by atoms with Crippen LogP contribution in [-0.2, 0) is 0 Å². The Labute approximate surface area is 80.3 Å². The second-order valence-corrected chi connectivity index (χ2v) is 3.33. The van der Waals surface area contributed by atoms with E-state index in [0.29, 0.717) is 0 Å². The molecule has 0 saturated heterocycles. The summed E-state index contributed by atoms with van der Waals surface area (Å²) in [5, 5.41) is 9.26. The van der Waals surface area contributed by atoms with Crippen molar-refractivity contribution >= 4 is 0 Å². The number of rotatable bonds is 1. The molecule has 0 aliphatic carbocycles. The summed E-state index contributed by atoms with van der Waals surface area (Å²) >= 11 is 0. The highest BCUT2D eigenvalue weighted by Crippen LogP contribution is 2.29. The molecule has 0 saturated carbocycles. The lowest BCUT2D eigenvalue weighted by molar-refractivity contribution is -0.130. The highest BCUT2D eigenvalue weighted by Gasteiger charge is 2.32. The van der Waals surface area contributed by atoms with E-state index < -0.39 is 18.6 Å². The summed E-state index contributed by atoms with van der Waals surface area (Å²) in [6.45, 7) is 1.65. The fourth-order valence-electron chi connectivity index (χ4n) is 1.27. The van der Waals surface area contributed by atoms with Gasteiger partial charge in [0.2, 0.25) is 0 Å². The number of aliphatic hydroxyl groups excluding tert-OH is 1. The third-order valence-electron chi connectivity index (χ3n) is 2.29. The van der Waals surface area contributed by atoms with Crippen molar-refractivity contribution in [2.45, 2.75) is 25.6 Å². The standard InChI is InChI=1S/C9H12F3NO/c1-6-8(14)4-3-7(13(6)2)5-9(10,11)12/h3-4,6,14H,5H2,1-2H3. The molecule has 0 amide bonds. The van der Waals surface area contributed by atoms with Crippen LogP contribution in [0.25, 0.3) is 0 Å². The van der Waals surface area contributed by atoms with Gasteiger partial charge in [-0.25, -0.2) is 0 Å². The molecule has 0 aromatic rings. The quantitative estimate of drug-likeness (QED) is 0.714. The maximum absolute atomic E-state index is 12.1. The first kappa shape index (κ1) is 10.9. The molecule has 0 aromatic heterocycles. The molecule has 1 atom stereocenters. The van der Waals surface area contributed by atoms with Gasteiger partial charge in [0.25, 0.3) is 0 Å². The van der Waals surface area contributed by atoms with Gasteiger partial charge >= 0.3 is 6.18 Å². The van der Waals surface area contributed by atoms with Crippen LogP contribution in [0.4, 0.5) is 13.2 Å². The molecule has 80 valence electrons. The molecule has 0 bridgehead atoms. The lowest BCUT2D eigenvalue weighted by Crippen LogP contribution is -2.34. The van der Waals surface area contributed by atoms with E-state index in [1.165, 1.54) is 24.1 Å². The minimum atomic E-state index is -4.21.